The molecule has 0 aliphatic heterocycles. The Hall–Kier alpha value is -2.13. The van der Waals surface area contributed by atoms with E-state index in [0.29, 0.717) is 16.5 Å². The highest BCUT2D eigenvalue weighted by atomic mass is 35.5. The maximum absolute atomic E-state index is 8.80. The van der Waals surface area contributed by atoms with Crippen molar-refractivity contribution in [3.63, 3.8) is 0 Å². The number of hydrogen-bond acceptors (Lipinski definition) is 5. The number of aromatic nitrogens is 4. The molecule has 1 N–H and O–H groups in total. The second-order valence-corrected chi connectivity index (χ2v) is 4.01. The van der Waals surface area contributed by atoms with Crippen LogP contribution in [0.5, 0.6) is 0 Å². The molecular formula is C11H11ClN6. The van der Waals surface area contributed by atoms with Crippen molar-refractivity contribution in [2.45, 2.75) is 13.0 Å². The van der Waals surface area contributed by atoms with E-state index in [2.05, 4.69) is 20.6 Å². The number of aryl methyl sites for hydroxylation is 1. The van der Waals surface area contributed by atoms with Crippen molar-refractivity contribution in [1.82, 2.24) is 20.0 Å². The summed E-state index contributed by atoms with van der Waals surface area (Å²) in [6.45, 7) is 1.50. The van der Waals surface area contributed by atoms with Gasteiger partial charge in [-0.15, -0.1) is 5.10 Å². The first kappa shape index (κ1) is 12.3. The first-order valence-electron chi connectivity index (χ1n) is 5.43. The average Bonchev–Trinajstić information content (AvgIpc) is 2.87. The van der Waals surface area contributed by atoms with Crippen LogP contribution in [0.15, 0.2) is 24.5 Å². The summed E-state index contributed by atoms with van der Waals surface area (Å²) in [4.78, 5) is 4.08. The molecule has 7 heteroatoms. The Labute approximate surface area is 109 Å². The maximum Gasteiger partial charge on any atom is 0.132 e. The minimum Gasteiger partial charge on any atom is -0.370 e. The molecule has 0 saturated carbocycles. The van der Waals surface area contributed by atoms with E-state index in [4.69, 9.17) is 16.9 Å². The van der Waals surface area contributed by atoms with Gasteiger partial charge in [0.05, 0.1) is 17.8 Å². The van der Waals surface area contributed by atoms with Crippen LogP contribution in [0.25, 0.3) is 0 Å². The van der Waals surface area contributed by atoms with E-state index in [1.165, 1.54) is 6.07 Å². The SMILES string of the molecule is N#Cc1cc(Cl)nc(NCCCn2ccnn2)c1. The smallest absolute Gasteiger partial charge is 0.132 e. The molecule has 2 aromatic heterocycles. The highest BCUT2D eigenvalue weighted by Crippen LogP contribution is 2.13. The van der Waals surface area contributed by atoms with Crippen molar-refractivity contribution in [2.24, 2.45) is 0 Å². The number of pyridine rings is 1. The third kappa shape index (κ3) is 3.43. The van der Waals surface area contributed by atoms with Crippen LogP contribution in [0.4, 0.5) is 5.82 Å². The molecule has 0 unspecified atom stereocenters. The lowest BCUT2D eigenvalue weighted by atomic mass is 10.3. The molecule has 0 spiro atoms. The number of nitrogens with one attached hydrogen (secondary N) is 1. The van der Waals surface area contributed by atoms with Gasteiger partial charge < -0.3 is 5.32 Å². The Kier molecular flexibility index (Phi) is 4.10. The van der Waals surface area contributed by atoms with Crippen molar-refractivity contribution >= 4 is 17.4 Å². The van der Waals surface area contributed by atoms with Gasteiger partial charge in [-0.1, -0.05) is 16.8 Å². The second-order valence-electron chi connectivity index (χ2n) is 3.62. The Morgan fingerprint density at radius 2 is 2.33 bits per heavy atom. The highest BCUT2D eigenvalue weighted by Gasteiger charge is 2.00. The number of hydrogen-bond donors (Lipinski definition) is 1. The summed E-state index contributed by atoms with van der Waals surface area (Å²) in [5.41, 5.74) is 0.494. The van der Waals surface area contributed by atoms with Crippen LogP contribution in [0, 0.1) is 11.3 Å². The van der Waals surface area contributed by atoms with E-state index in [9.17, 15) is 0 Å². The summed E-state index contributed by atoms with van der Waals surface area (Å²) >= 11 is 5.80. The number of nitrogens with zero attached hydrogens (tertiary/aromatic N) is 5. The number of halogens is 1. The molecule has 0 aliphatic rings. The van der Waals surface area contributed by atoms with E-state index < -0.39 is 0 Å². The summed E-state index contributed by atoms with van der Waals surface area (Å²) in [6, 6.07) is 5.23. The van der Waals surface area contributed by atoms with Gasteiger partial charge in [-0.05, 0) is 18.6 Å². The van der Waals surface area contributed by atoms with Crippen LogP contribution in [-0.4, -0.2) is 26.5 Å². The number of nitriles is 1. The molecule has 2 rings (SSSR count). The Balaban J connectivity index is 1.83. The fourth-order valence-corrected chi connectivity index (χ4v) is 1.67. The van der Waals surface area contributed by atoms with Crippen molar-refractivity contribution in [1.29, 1.82) is 5.26 Å². The molecule has 0 atom stereocenters. The number of anilines is 1. The lowest BCUT2D eigenvalue weighted by Gasteiger charge is -2.06. The van der Waals surface area contributed by atoms with E-state index in [1.807, 2.05) is 12.3 Å². The molecule has 18 heavy (non-hydrogen) atoms. The molecule has 0 fully saturated rings. The monoisotopic (exact) mass is 262 g/mol. The van der Waals surface area contributed by atoms with Gasteiger partial charge in [0, 0.05) is 19.3 Å². The minimum atomic E-state index is 0.313. The summed E-state index contributed by atoms with van der Waals surface area (Å²) in [7, 11) is 0. The second kappa shape index (κ2) is 5.98. The topological polar surface area (TPSA) is 79.4 Å². The zero-order valence-electron chi connectivity index (χ0n) is 9.54. The molecule has 0 radical (unpaired) electrons. The maximum atomic E-state index is 8.80. The van der Waals surface area contributed by atoms with Gasteiger partial charge in [0.2, 0.25) is 0 Å². The Morgan fingerprint density at radius 1 is 1.44 bits per heavy atom. The average molecular weight is 263 g/mol. The largest absolute Gasteiger partial charge is 0.370 e. The molecule has 0 bridgehead atoms. The third-order valence-corrected chi connectivity index (χ3v) is 2.46. The zero-order valence-corrected chi connectivity index (χ0v) is 10.3. The lowest BCUT2D eigenvalue weighted by Crippen LogP contribution is -2.08. The summed E-state index contributed by atoms with van der Waals surface area (Å²) < 4.78 is 1.76. The molecular weight excluding hydrogens is 252 g/mol. The van der Waals surface area contributed by atoms with Gasteiger partial charge in [-0.3, -0.25) is 4.68 Å². The van der Waals surface area contributed by atoms with E-state index >= 15 is 0 Å². The highest BCUT2D eigenvalue weighted by molar-refractivity contribution is 6.29. The van der Waals surface area contributed by atoms with Crippen LogP contribution in [0.3, 0.4) is 0 Å². The van der Waals surface area contributed by atoms with Crippen molar-refractivity contribution < 1.29 is 0 Å². The van der Waals surface area contributed by atoms with Crippen LogP contribution in [0.2, 0.25) is 5.15 Å². The van der Waals surface area contributed by atoms with Crippen molar-refractivity contribution in [3.05, 3.63) is 35.2 Å². The van der Waals surface area contributed by atoms with Crippen LogP contribution >= 0.6 is 11.6 Å². The predicted molar refractivity (Wildman–Crippen MR) is 67.1 cm³/mol. The van der Waals surface area contributed by atoms with Crippen LogP contribution < -0.4 is 5.32 Å². The van der Waals surface area contributed by atoms with E-state index in [1.54, 1.807) is 16.9 Å². The molecule has 0 aromatic carbocycles. The Morgan fingerprint density at radius 3 is 3.06 bits per heavy atom. The normalized spacial score (nSPS) is 10.0. The predicted octanol–water partition coefficient (Wildman–Crippen LogP) is 1.70. The van der Waals surface area contributed by atoms with Gasteiger partial charge in [0.15, 0.2) is 0 Å². The minimum absolute atomic E-state index is 0.313. The molecule has 6 nitrogen and oxygen atoms in total. The Bertz CT molecular complexity index is 545. The van der Waals surface area contributed by atoms with Gasteiger partial charge >= 0.3 is 0 Å². The van der Waals surface area contributed by atoms with Crippen LogP contribution in [0.1, 0.15) is 12.0 Å². The van der Waals surface area contributed by atoms with Gasteiger partial charge in [0.25, 0.3) is 0 Å². The van der Waals surface area contributed by atoms with Crippen LogP contribution in [-0.2, 0) is 6.54 Å². The fourth-order valence-electron chi connectivity index (χ4n) is 1.46. The standard InChI is InChI=1S/C11H11ClN6/c12-10-6-9(8-13)7-11(16-10)14-2-1-4-18-5-3-15-17-18/h3,5-7H,1-2,4H2,(H,14,16). The molecule has 0 aliphatic carbocycles. The van der Waals surface area contributed by atoms with Gasteiger partial charge in [0.1, 0.15) is 11.0 Å². The van der Waals surface area contributed by atoms with Crippen molar-refractivity contribution in [3.8, 4) is 6.07 Å². The summed E-state index contributed by atoms with van der Waals surface area (Å²) in [5, 5.41) is 19.8. The quantitative estimate of drug-likeness (QED) is 0.655. The first-order chi connectivity index (χ1) is 8.78. The molecule has 2 heterocycles. The molecule has 2 aromatic rings. The van der Waals surface area contributed by atoms with Gasteiger partial charge in [-0.2, -0.15) is 5.26 Å². The summed E-state index contributed by atoms with van der Waals surface area (Å²) in [5.74, 6) is 0.609. The molecule has 0 amide bonds. The van der Waals surface area contributed by atoms with E-state index in [0.717, 1.165) is 19.5 Å². The van der Waals surface area contributed by atoms with Crippen molar-refractivity contribution in [2.75, 3.05) is 11.9 Å². The number of rotatable bonds is 5. The zero-order chi connectivity index (χ0) is 12.8. The van der Waals surface area contributed by atoms with Gasteiger partial charge in [-0.25, -0.2) is 4.98 Å². The van der Waals surface area contributed by atoms with E-state index in [-0.39, 0.29) is 0 Å². The summed E-state index contributed by atoms with van der Waals surface area (Å²) in [6.07, 6.45) is 4.33. The third-order valence-electron chi connectivity index (χ3n) is 2.27. The first-order valence-corrected chi connectivity index (χ1v) is 5.81. The molecule has 92 valence electrons. The lowest BCUT2D eigenvalue weighted by molar-refractivity contribution is 0.569. The fraction of sp³-hybridized carbons (Fsp3) is 0.273. The molecule has 0 saturated heterocycles.